The molecule has 12 heavy (non-hydrogen) atoms. The van der Waals surface area contributed by atoms with Gasteiger partial charge in [-0.05, 0) is 44.2 Å². The van der Waals surface area contributed by atoms with Gasteiger partial charge in [0.25, 0.3) is 0 Å². The molecule has 0 amide bonds. The first kappa shape index (κ1) is 10.0. The first-order valence-corrected chi connectivity index (χ1v) is 5.24. The highest BCUT2D eigenvalue weighted by Gasteiger charge is 2.31. The van der Waals surface area contributed by atoms with Gasteiger partial charge in [0.15, 0.2) is 0 Å². The maximum Gasteiger partial charge on any atom is 0.000829 e. The average Bonchev–Trinajstić information content (AvgIpc) is 2.51. The Balaban J connectivity index is 2.35. The second-order valence-corrected chi connectivity index (χ2v) is 4.07. The van der Waals surface area contributed by atoms with Crippen molar-refractivity contribution in [3.63, 3.8) is 0 Å². The fourth-order valence-corrected chi connectivity index (χ4v) is 2.35. The Hall–Kier alpha value is -0.0800. The number of rotatable bonds is 5. The Kier molecular flexibility index (Phi) is 4.02. The van der Waals surface area contributed by atoms with E-state index in [2.05, 4.69) is 12.2 Å². The summed E-state index contributed by atoms with van der Waals surface area (Å²) < 4.78 is 0. The minimum Gasteiger partial charge on any atom is -0.330 e. The fraction of sp³-hybridized carbons (Fsp3) is 1.00. The summed E-state index contributed by atoms with van der Waals surface area (Å²) >= 11 is 0. The predicted octanol–water partition coefficient (Wildman–Crippen LogP) is 1.51. The van der Waals surface area contributed by atoms with Gasteiger partial charge in [-0.1, -0.05) is 13.3 Å². The van der Waals surface area contributed by atoms with E-state index in [0.717, 1.165) is 6.54 Å². The van der Waals surface area contributed by atoms with E-state index in [1.165, 1.54) is 45.2 Å². The van der Waals surface area contributed by atoms with Crippen molar-refractivity contribution in [3.05, 3.63) is 0 Å². The van der Waals surface area contributed by atoms with E-state index in [0.29, 0.717) is 5.41 Å². The summed E-state index contributed by atoms with van der Waals surface area (Å²) in [5, 5.41) is 3.47. The molecule has 0 aromatic rings. The Labute approximate surface area is 75.9 Å². The Morgan fingerprint density at radius 2 is 2.25 bits per heavy atom. The number of nitrogens with two attached hydrogens (primary N) is 1. The van der Waals surface area contributed by atoms with Crippen molar-refractivity contribution < 1.29 is 0 Å². The minimum absolute atomic E-state index is 0.605. The molecule has 0 saturated carbocycles. The SMILES string of the molecule is CCCC1(CCCN)CCNC1. The van der Waals surface area contributed by atoms with Gasteiger partial charge in [-0.25, -0.2) is 0 Å². The molecule has 72 valence electrons. The third kappa shape index (κ3) is 2.46. The van der Waals surface area contributed by atoms with Gasteiger partial charge in [0, 0.05) is 6.54 Å². The van der Waals surface area contributed by atoms with Crippen LogP contribution in [0.15, 0.2) is 0 Å². The van der Waals surface area contributed by atoms with Crippen molar-refractivity contribution >= 4 is 0 Å². The highest BCUT2D eigenvalue weighted by atomic mass is 14.9. The first-order valence-electron chi connectivity index (χ1n) is 5.24. The minimum atomic E-state index is 0.605. The van der Waals surface area contributed by atoms with Gasteiger partial charge in [-0.2, -0.15) is 0 Å². The highest BCUT2D eigenvalue weighted by molar-refractivity contribution is 4.87. The van der Waals surface area contributed by atoms with Crippen molar-refractivity contribution in [2.75, 3.05) is 19.6 Å². The number of hydrogen-bond donors (Lipinski definition) is 2. The predicted molar refractivity (Wildman–Crippen MR) is 53.1 cm³/mol. The van der Waals surface area contributed by atoms with Crippen molar-refractivity contribution in [2.45, 2.75) is 39.0 Å². The molecule has 1 fully saturated rings. The summed E-state index contributed by atoms with van der Waals surface area (Å²) in [5.41, 5.74) is 6.15. The van der Waals surface area contributed by atoms with E-state index in [9.17, 15) is 0 Å². The van der Waals surface area contributed by atoms with Crippen LogP contribution >= 0.6 is 0 Å². The summed E-state index contributed by atoms with van der Waals surface area (Å²) in [5.74, 6) is 0. The van der Waals surface area contributed by atoms with E-state index >= 15 is 0 Å². The van der Waals surface area contributed by atoms with Crippen LogP contribution in [0.4, 0.5) is 0 Å². The van der Waals surface area contributed by atoms with Crippen molar-refractivity contribution in [2.24, 2.45) is 11.1 Å². The molecule has 1 rings (SSSR count). The van der Waals surface area contributed by atoms with E-state index in [4.69, 9.17) is 5.73 Å². The summed E-state index contributed by atoms with van der Waals surface area (Å²) in [7, 11) is 0. The van der Waals surface area contributed by atoms with Gasteiger partial charge in [0.05, 0.1) is 0 Å². The summed E-state index contributed by atoms with van der Waals surface area (Å²) in [6, 6.07) is 0. The molecule has 3 N–H and O–H groups in total. The molecular weight excluding hydrogens is 148 g/mol. The van der Waals surface area contributed by atoms with Crippen molar-refractivity contribution in [1.82, 2.24) is 5.32 Å². The lowest BCUT2D eigenvalue weighted by atomic mass is 9.78. The molecule has 2 nitrogen and oxygen atoms in total. The standard InChI is InChI=1S/C10H22N2/c1-2-4-10(5-3-7-11)6-8-12-9-10/h12H,2-9,11H2,1H3. The second kappa shape index (κ2) is 4.83. The van der Waals surface area contributed by atoms with Crippen LogP contribution in [-0.4, -0.2) is 19.6 Å². The molecule has 1 atom stereocenters. The Morgan fingerprint density at radius 1 is 1.42 bits per heavy atom. The maximum atomic E-state index is 5.54. The lowest BCUT2D eigenvalue weighted by Gasteiger charge is -2.27. The van der Waals surface area contributed by atoms with E-state index in [-0.39, 0.29) is 0 Å². The Bertz CT molecular complexity index is 117. The van der Waals surface area contributed by atoms with E-state index < -0.39 is 0 Å². The zero-order chi connectivity index (χ0) is 8.86. The summed E-state index contributed by atoms with van der Waals surface area (Å²) in [4.78, 5) is 0. The van der Waals surface area contributed by atoms with Crippen LogP contribution in [0.5, 0.6) is 0 Å². The third-order valence-corrected chi connectivity index (χ3v) is 3.02. The zero-order valence-electron chi connectivity index (χ0n) is 8.23. The second-order valence-electron chi connectivity index (χ2n) is 4.07. The van der Waals surface area contributed by atoms with Crippen molar-refractivity contribution in [1.29, 1.82) is 0 Å². The van der Waals surface area contributed by atoms with Crippen molar-refractivity contribution in [3.8, 4) is 0 Å². The lowest BCUT2D eigenvalue weighted by Crippen LogP contribution is -2.24. The molecule has 2 heteroatoms. The molecular formula is C10H22N2. The highest BCUT2D eigenvalue weighted by Crippen LogP contribution is 2.35. The first-order chi connectivity index (χ1) is 5.83. The number of nitrogens with one attached hydrogen (secondary N) is 1. The maximum absolute atomic E-state index is 5.54. The van der Waals surface area contributed by atoms with Crippen LogP contribution in [0.1, 0.15) is 39.0 Å². The smallest absolute Gasteiger partial charge is 0.000829 e. The van der Waals surface area contributed by atoms with Crippen LogP contribution in [0.25, 0.3) is 0 Å². The molecule has 0 spiro atoms. The topological polar surface area (TPSA) is 38.0 Å². The van der Waals surface area contributed by atoms with E-state index in [1.807, 2.05) is 0 Å². The third-order valence-electron chi connectivity index (χ3n) is 3.02. The molecule has 0 bridgehead atoms. The van der Waals surface area contributed by atoms with Crippen LogP contribution < -0.4 is 11.1 Å². The van der Waals surface area contributed by atoms with E-state index in [1.54, 1.807) is 0 Å². The van der Waals surface area contributed by atoms with Crippen LogP contribution in [0.3, 0.4) is 0 Å². The Morgan fingerprint density at radius 3 is 2.75 bits per heavy atom. The van der Waals surface area contributed by atoms with Gasteiger partial charge < -0.3 is 11.1 Å². The quantitative estimate of drug-likeness (QED) is 0.656. The van der Waals surface area contributed by atoms with Gasteiger partial charge >= 0.3 is 0 Å². The molecule has 1 aliphatic rings. The zero-order valence-corrected chi connectivity index (χ0v) is 8.23. The molecule has 1 unspecified atom stereocenters. The molecule has 0 aliphatic carbocycles. The van der Waals surface area contributed by atoms with Gasteiger partial charge in [0.1, 0.15) is 0 Å². The van der Waals surface area contributed by atoms with Crippen LogP contribution in [0.2, 0.25) is 0 Å². The molecule has 1 saturated heterocycles. The van der Waals surface area contributed by atoms with Gasteiger partial charge in [-0.15, -0.1) is 0 Å². The lowest BCUT2D eigenvalue weighted by molar-refractivity contribution is 0.263. The number of hydrogen-bond acceptors (Lipinski definition) is 2. The molecule has 0 aromatic carbocycles. The molecule has 0 aromatic heterocycles. The fourth-order valence-electron chi connectivity index (χ4n) is 2.35. The largest absolute Gasteiger partial charge is 0.330 e. The van der Waals surface area contributed by atoms with Gasteiger partial charge in [-0.3, -0.25) is 0 Å². The molecule has 0 radical (unpaired) electrons. The van der Waals surface area contributed by atoms with Crippen LogP contribution in [-0.2, 0) is 0 Å². The average molecular weight is 170 g/mol. The normalized spacial score (nSPS) is 29.5. The van der Waals surface area contributed by atoms with Crippen LogP contribution in [0, 0.1) is 5.41 Å². The summed E-state index contributed by atoms with van der Waals surface area (Å²) in [6.07, 6.45) is 6.57. The van der Waals surface area contributed by atoms with Gasteiger partial charge in [0.2, 0.25) is 0 Å². The summed E-state index contributed by atoms with van der Waals surface area (Å²) in [6.45, 7) is 5.57. The molecule has 1 aliphatic heterocycles. The monoisotopic (exact) mass is 170 g/mol. The molecule has 1 heterocycles.